The molecule has 126 valence electrons. The van der Waals surface area contributed by atoms with Crippen molar-refractivity contribution in [1.82, 2.24) is 0 Å². The number of benzene rings is 2. The largest absolute Gasteiger partial charge is 0.505 e. The number of aromatic hydroxyl groups is 1. The van der Waals surface area contributed by atoms with Gasteiger partial charge in [-0.3, -0.25) is 10.1 Å². The molecule has 0 saturated heterocycles. The number of halogens is 1. The first-order chi connectivity index (χ1) is 11.3. The lowest BCUT2D eigenvalue weighted by molar-refractivity contribution is -0.384. The molecule has 0 spiro atoms. The number of para-hydroxylation sites is 1. The standard InChI is InChI=1S/C17H18BrN3O3/c1-4-17(2,3)12-6-5-7-14(16(12)22)20-19-13-9-8-11(18)10-15(13)21(23)24/h5-10,22H,4H2,1-3H3. The van der Waals surface area contributed by atoms with Crippen LogP contribution >= 0.6 is 15.9 Å². The fourth-order valence-electron chi connectivity index (χ4n) is 2.18. The molecule has 0 bridgehead atoms. The van der Waals surface area contributed by atoms with E-state index in [9.17, 15) is 15.2 Å². The minimum Gasteiger partial charge on any atom is -0.505 e. The van der Waals surface area contributed by atoms with Crippen LogP contribution < -0.4 is 0 Å². The summed E-state index contributed by atoms with van der Waals surface area (Å²) in [6.07, 6.45) is 0.847. The van der Waals surface area contributed by atoms with Crippen LogP contribution in [0.4, 0.5) is 17.1 Å². The Kier molecular flexibility index (Phi) is 5.33. The van der Waals surface area contributed by atoms with E-state index in [4.69, 9.17) is 0 Å². The quantitative estimate of drug-likeness (QED) is 0.375. The lowest BCUT2D eigenvalue weighted by Gasteiger charge is -2.24. The van der Waals surface area contributed by atoms with Gasteiger partial charge < -0.3 is 5.11 Å². The number of nitro benzene ring substituents is 1. The second-order valence-corrected chi connectivity index (χ2v) is 6.92. The fraction of sp³-hybridized carbons (Fsp3) is 0.294. The summed E-state index contributed by atoms with van der Waals surface area (Å²) in [7, 11) is 0. The summed E-state index contributed by atoms with van der Waals surface area (Å²) < 4.78 is 0.586. The highest BCUT2D eigenvalue weighted by atomic mass is 79.9. The van der Waals surface area contributed by atoms with Gasteiger partial charge in [0.15, 0.2) is 5.69 Å². The van der Waals surface area contributed by atoms with Gasteiger partial charge in [-0.25, -0.2) is 0 Å². The molecular formula is C17H18BrN3O3. The number of azo groups is 1. The molecule has 0 unspecified atom stereocenters. The average molecular weight is 392 g/mol. The summed E-state index contributed by atoms with van der Waals surface area (Å²) in [5.74, 6) is 0.0489. The van der Waals surface area contributed by atoms with Crippen molar-refractivity contribution in [2.24, 2.45) is 10.2 Å². The van der Waals surface area contributed by atoms with Gasteiger partial charge in [0.2, 0.25) is 0 Å². The summed E-state index contributed by atoms with van der Waals surface area (Å²) in [6.45, 7) is 6.10. The summed E-state index contributed by atoms with van der Waals surface area (Å²) in [5.41, 5.74) is 0.817. The normalized spacial score (nSPS) is 11.8. The van der Waals surface area contributed by atoms with E-state index < -0.39 is 4.92 Å². The van der Waals surface area contributed by atoms with Crippen LogP contribution in [-0.2, 0) is 5.41 Å². The van der Waals surface area contributed by atoms with Crippen LogP contribution in [-0.4, -0.2) is 10.0 Å². The fourth-order valence-corrected chi connectivity index (χ4v) is 2.53. The van der Waals surface area contributed by atoms with Crippen molar-refractivity contribution >= 4 is 33.0 Å². The van der Waals surface area contributed by atoms with Crippen LogP contribution in [0.3, 0.4) is 0 Å². The highest BCUT2D eigenvalue weighted by Crippen LogP contribution is 2.40. The molecule has 0 heterocycles. The number of phenolic OH excluding ortho intramolecular Hbond substituents is 1. The molecule has 0 radical (unpaired) electrons. The van der Waals surface area contributed by atoms with Gasteiger partial charge >= 0.3 is 0 Å². The molecule has 0 fully saturated rings. The van der Waals surface area contributed by atoms with Crippen molar-refractivity contribution in [2.75, 3.05) is 0 Å². The Bertz CT molecular complexity index is 804. The predicted octanol–water partition coefficient (Wildman–Crippen LogP) is 6.17. The Morgan fingerprint density at radius 2 is 1.88 bits per heavy atom. The van der Waals surface area contributed by atoms with E-state index in [1.165, 1.54) is 12.1 Å². The zero-order valence-electron chi connectivity index (χ0n) is 13.7. The van der Waals surface area contributed by atoms with Crippen molar-refractivity contribution in [2.45, 2.75) is 32.6 Å². The molecule has 1 N–H and O–H groups in total. The molecule has 0 aromatic heterocycles. The van der Waals surface area contributed by atoms with Crippen LogP contribution in [0.1, 0.15) is 32.8 Å². The van der Waals surface area contributed by atoms with Crippen LogP contribution in [0.2, 0.25) is 0 Å². The number of nitrogens with zero attached hydrogens (tertiary/aromatic N) is 3. The van der Waals surface area contributed by atoms with Gasteiger partial charge in [-0.1, -0.05) is 48.8 Å². The van der Waals surface area contributed by atoms with Crippen LogP contribution in [0, 0.1) is 10.1 Å². The predicted molar refractivity (Wildman–Crippen MR) is 96.4 cm³/mol. The van der Waals surface area contributed by atoms with Crippen molar-refractivity contribution in [3.63, 3.8) is 0 Å². The van der Waals surface area contributed by atoms with Crippen molar-refractivity contribution < 1.29 is 10.0 Å². The van der Waals surface area contributed by atoms with Gasteiger partial charge in [0.1, 0.15) is 11.4 Å². The number of nitro groups is 1. The molecule has 24 heavy (non-hydrogen) atoms. The maximum absolute atomic E-state index is 11.1. The molecule has 0 atom stereocenters. The maximum atomic E-state index is 11.1. The summed E-state index contributed by atoms with van der Waals surface area (Å²) in [4.78, 5) is 10.6. The number of hydrogen-bond acceptors (Lipinski definition) is 5. The van der Waals surface area contributed by atoms with Gasteiger partial charge in [-0.05, 0) is 30.0 Å². The summed E-state index contributed by atoms with van der Waals surface area (Å²) in [5, 5.41) is 29.5. The van der Waals surface area contributed by atoms with E-state index in [-0.39, 0.29) is 28.2 Å². The molecule has 7 heteroatoms. The zero-order chi connectivity index (χ0) is 17.9. The number of hydrogen-bond donors (Lipinski definition) is 1. The Hall–Kier alpha value is -2.28. The van der Waals surface area contributed by atoms with Gasteiger partial charge in [0.05, 0.1) is 4.92 Å². The second-order valence-electron chi connectivity index (χ2n) is 6.00. The second kappa shape index (κ2) is 7.09. The third-order valence-electron chi connectivity index (χ3n) is 4.03. The first-order valence-corrected chi connectivity index (χ1v) is 8.23. The highest BCUT2D eigenvalue weighted by Gasteiger charge is 2.23. The summed E-state index contributed by atoms with van der Waals surface area (Å²) in [6, 6.07) is 9.78. The minimum atomic E-state index is -0.518. The van der Waals surface area contributed by atoms with E-state index in [0.717, 1.165) is 12.0 Å². The van der Waals surface area contributed by atoms with E-state index in [1.54, 1.807) is 18.2 Å². The molecule has 2 rings (SSSR count). The Balaban J connectivity index is 2.44. The molecule has 0 saturated carbocycles. The lowest BCUT2D eigenvalue weighted by atomic mass is 9.81. The molecule has 0 aliphatic heterocycles. The first kappa shape index (κ1) is 18.1. The third kappa shape index (κ3) is 3.79. The molecule has 0 aliphatic carbocycles. The van der Waals surface area contributed by atoms with Crippen molar-refractivity contribution in [3.8, 4) is 5.75 Å². The van der Waals surface area contributed by atoms with E-state index in [1.807, 2.05) is 26.8 Å². The van der Waals surface area contributed by atoms with E-state index >= 15 is 0 Å². The monoisotopic (exact) mass is 391 g/mol. The molecular weight excluding hydrogens is 374 g/mol. The van der Waals surface area contributed by atoms with Crippen molar-refractivity contribution in [3.05, 3.63) is 56.5 Å². The van der Waals surface area contributed by atoms with Crippen LogP contribution in [0.5, 0.6) is 5.75 Å². The molecule has 6 nitrogen and oxygen atoms in total. The Labute approximate surface area is 148 Å². The number of phenols is 1. The smallest absolute Gasteiger partial charge is 0.297 e. The van der Waals surface area contributed by atoms with Gasteiger partial charge in [-0.15, -0.1) is 10.2 Å². The third-order valence-corrected chi connectivity index (χ3v) is 4.52. The van der Waals surface area contributed by atoms with E-state index in [0.29, 0.717) is 4.47 Å². The molecule has 2 aromatic carbocycles. The Morgan fingerprint density at radius 3 is 2.50 bits per heavy atom. The van der Waals surface area contributed by atoms with Crippen LogP contribution in [0.15, 0.2) is 51.1 Å². The SMILES string of the molecule is CCC(C)(C)c1cccc(N=Nc2ccc(Br)cc2[N+](=O)[O-])c1O. The lowest BCUT2D eigenvalue weighted by Crippen LogP contribution is -2.15. The zero-order valence-corrected chi connectivity index (χ0v) is 15.2. The summed E-state index contributed by atoms with van der Waals surface area (Å²) >= 11 is 3.19. The van der Waals surface area contributed by atoms with Gasteiger partial charge in [0.25, 0.3) is 5.69 Å². The van der Waals surface area contributed by atoms with Gasteiger partial charge in [-0.2, -0.15) is 0 Å². The topological polar surface area (TPSA) is 88.1 Å². The first-order valence-electron chi connectivity index (χ1n) is 7.44. The number of rotatable bonds is 5. The van der Waals surface area contributed by atoms with Gasteiger partial charge in [0, 0.05) is 16.1 Å². The van der Waals surface area contributed by atoms with Crippen molar-refractivity contribution in [1.29, 1.82) is 0 Å². The molecule has 0 aliphatic rings. The maximum Gasteiger partial charge on any atom is 0.297 e. The molecule has 2 aromatic rings. The Morgan fingerprint density at radius 1 is 1.21 bits per heavy atom. The van der Waals surface area contributed by atoms with E-state index in [2.05, 4.69) is 26.2 Å². The highest BCUT2D eigenvalue weighted by molar-refractivity contribution is 9.10. The van der Waals surface area contributed by atoms with Crippen LogP contribution in [0.25, 0.3) is 0 Å². The average Bonchev–Trinajstić information content (AvgIpc) is 2.54. The minimum absolute atomic E-state index is 0.0489. The molecule has 0 amide bonds.